The van der Waals surface area contributed by atoms with Gasteiger partial charge in [0, 0.05) is 0 Å². The molecule has 3 rings (SSSR count). The van der Waals surface area contributed by atoms with Crippen molar-refractivity contribution < 1.29 is 23.8 Å². The van der Waals surface area contributed by atoms with E-state index in [0.29, 0.717) is 36.0 Å². The quantitative estimate of drug-likeness (QED) is 0.472. The highest BCUT2D eigenvalue weighted by molar-refractivity contribution is 6.32. The molecule has 0 N–H and O–H groups in total. The second-order valence-corrected chi connectivity index (χ2v) is 6.93. The summed E-state index contributed by atoms with van der Waals surface area (Å²) in [6.07, 6.45) is 1.77. The topological polar surface area (TPSA) is 77.4 Å². The molecule has 0 fully saturated rings. The van der Waals surface area contributed by atoms with Gasteiger partial charge in [-0.25, -0.2) is 4.79 Å². The predicted octanol–water partition coefficient (Wildman–Crippen LogP) is 4.14. The Morgan fingerprint density at radius 1 is 1.03 bits per heavy atom. The summed E-state index contributed by atoms with van der Waals surface area (Å²) < 4.78 is 16.1. The van der Waals surface area contributed by atoms with Crippen LogP contribution in [0, 0.1) is 6.92 Å². The lowest BCUT2D eigenvalue weighted by Crippen LogP contribution is -2.21. The van der Waals surface area contributed by atoms with Crippen molar-refractivity contribution in [3.63, 3.8) is 0 Å². The van der Waals surface area contributed by atoms with Crippen molar-refractivity contribution in [3.05, 3.63) is 59.2 Å². The molecule has 0 aromatic heterocycles. The van der Waals surface area contributed by atoms with Gasteiger partial charge < -0.3 is 14.2 Å². The molecule has 31 heavy (non-hydrogen) atoms. The van der Waals surface area contributed by atoms with E-state index in [-0.39, 0.29) is 12.5 Å². The van der Waals surface area contributed by atoms with Crippen molar-refractivity contribution in [2.75, 3.05) is 24.8 Å². The SMILES string of the molecule is CCOC(=O)COc1ccc(C=C2C(=O)N(c3cccc(C)c3)N=C2C)cc1OCC. The van der Waals surface area contributed by atoms with Gasteiger partial charge in [0.05, 0.1) is 30.2 Å². The van der Waals surface area contributed by atoms with Crippen LogP contribution in [0.2, 0.25) is 0 Å². The van der Waals surface area contributed by atoms with Gasteiger partial charge in [-0.05, 0) is 69.2 Å². The number of carbonyl (C=O) groups is 2. The Balaban J connectivity index is 1.84. The summed E-state index contributed by atoms with van der Waals surface area (Å²) in [5, 5.41) is 5.84. The lowest BCUT2D eigenvalue weighted by molar-refractivity contribution is -0.145. The number of hydrazone groups is 1. The molecular formula is C24H26N2O5. The number of esters is 1. The van der Waals surface area contributed by atoms with Crippen LogP contribution in [-0.4, -0.2) is 37.4 Å². The highest BCUT2D eigenvalue weighted by Crippen LogP contribution is 2.31. The Kier molecular flexibility index (Phi) is 7.07. The van der Waals surface area contributed by atoms with Gasteiger partial charge in [-0.15, -0.1) is 0 Å². The van der Waals surface area contributed by atoms with E-state index in [4.69, 9.17) is 14.2 Å². The van der Waals surface area contributed by atoms with Crippen LogP contribution in [0.25, 0.3) is 6.08 Å². The largest absolute Gasteiger partial charge is 0.490 e. The highest BCUT2D eigenvalue weighted by Gasteiger charge is 2.28. The fourth-order valence-corrected chi connectivity index (χ4v) is 3.13. The van der Waals surface area contributed by atoms with E-state index in [9.17, 15) is 9.59 Å². The average Bonchev–Trinajstić information content (AvgIpc) is 3.02. The first-order valence-electron chi connectivity index (χ1n) is 10.2. The van der Waals surface area contributed by atoms with E-state index in [1.54, 1.807) is 38.1 Å². The number of rotatable bonds is 8. The van der Waals surface area contributed by atoms with Crippen LogP contribution in [0.4, 0.5) is 5.69 Å². The van der Waals surface area contributed by atoms with Crippen molar-refractivity contribution in [2.45, 2.75) is 27.7 Å². The zero-order valence-corrected chi connectivity index (χ0v) is 18.2. The molecule has 0 saturated carbocycles. The monoisotopic (exact) mass is 422 g/mol. The van der Waals surface area contributed by atoms with E-state index < -0.39 is 5.97 Å². The van der Waals surface area contributed by atoms with Gasteiger partial charge >= 0.3 is 5.97 Å². The standard InChI is InChI=1S/C24H26N2O5/c1-5-29-22-14-18(10-11-21(22)31-15-23(27)30-6-2)13-20-17(4)25-26(24(20)28)19-9-7-8-16(3)12-19/h7-14H,5-6,15H2,1-4H3. The maximum atomic E-state index is 13.0. The normalized spacial score (nSPS) is 14.6. The first-order chi connectivity index (χ1) is 14.9. The third kappa shape index (κ3) is 5.31. The van der Waals surface area contributed by atoms with Gasteiger partial charge in [0.1, 0.15) is 0 Å². The molecule has 0 unspecified atom stereocenters. The zero-order valence-electron chi connectivity index (χ0n) is 18.2. The molecular weight excluding hydrogens is 396 g/mol. The van der Waals surface area contributed by atoms with Crippen LogP contribution >= 0.6 is 0 Å². The summed E-state index contributed by atoms with van der Waals surface area (Å²) in [7, 11) is 0. The molecule has 1 amide bonds. The van der Waals surface area contributed by atoms with Crippen LogP contribution in [0.1, 0.15) is 31.9 Å². The van der Waals surface area contributed by atoms with Gasteiger partial charge in [0.2, 0.25) is 0 Å². The molecule has 0 spiro atoms. The summed E-state index contributed by atoms with van der Waals surface area (Å²) in [6, 6.07) is 12.9. The van der Waals surface area contributed by atoms with Crippen LogP contribution in [0.3, 0.4) is 0 Å². The predicted molar refractivity (Wildman–Crippen MR) is 119 cm³/mol. The van der Waals surface area contributed by atoms with Gasteiger partial charge in [-0.1, -0.05) is 18.2 Å². The summed E-state index contributed by atoms with van der Waals surface area (Å²) in [5.41, 5.74) is 3.67. The van der Waals surface area contributed by atoms with Gasteiger partial charge in [-0.2, -0.15) is 10.1 Å². The van der Waals surface area contributed by atoms with E-state index in [1.807, 2.05) is 38.1 Å². The summed E-state index contributed by atoms with van der Waals surface area (Å²) in [5.74, 6) is 0.276. The van der Waals surface area contributed by atoms with Gasteiger partial charge in [-0.3, -0.25) is 4.79 Å². The number of hydrogen-bond acceptors (Lipinski definition) is 6. The Morgan fingerprint density at radius 3 is 2.55 bits per heavy atom. The molecule has 1 aliphatic rings. The van der Waals surface area contributed by atoms with Gasteiger partial charge in [0.15, 0.2) is 18.1 Å². The number of amides is 1. The second-order valence-electron chi connectivity index (χ2n) is 6.93. The lowest BCUT2D eigenvalue weighted by Gasteiger charge is -2.13. The summed E-state index contributed by atoms with van der Waals surface area (Å²) in [6.45, 7) is 7.89. The average molecular weight is 422 g/mol. The first-order valence-corrected chi connectivity index (χ1v) is 10.2. The Labute approximate surface area is 181 Å². The van der Waals surface area contributed by atoms with E-state index in [0.717, 1.165) is 16.8 Å². The third-order valence-corrected chi connectivity index (χ3v) is 4.54. The highest BCUT2D eigenvalue weighted by atomic mass is 16.6. The number of anilines is 1. The zero-order chi connectivity index (χ0) is 22.4. The van der Waals surface area contributed by atoms with Crippen LogP contribution in [0.15, 0.2) is 53.1 Å². The molecule has 0 aliphatic carbocycles. The number of hydrogen-bond donors (Lipinski definition) is 0. The number of nitrogens with zero attached hydrogens (tertiary/aromatic N) is 2. The fourth-order valence-electron chi connectivity index (χ4n) is 3.13. The molecule has 0 radical (unpaired) electrons. The minimum absolute atomic E-state index is 0.191. The number of benzene rings is 2. The lowest BCUT2D eigenvalue weighted by atomic mass is 10.1. The fraction of sp³-hybridized carbons (Fsp3) is 0.292. The Hall–Kier alpha value is -3.61. The molecule has 7 heteroatoms. The summed E-state index contributed by atoms with van der Waals surface area (Å²) >= 11 is 0. The van der Waals surface area contributed by atoms with Crippen molar-refractivity contribution in [3.8, 4) is 11.5 Å². The number of aryl methyl sites for hydroxylation is 1. The smallest absolute Gasteiger partial charge is 0.344 e. The van der Waals surface area contributed by atoms with Crippen LogP contribution in [-0.2, 0) is 14.3 Å². The second kappa shape index (κ2) is 9.93. The minimum Gasteiger partial charge on any atom is -0.490 e. The van der Waals surface area contributed by atoms with Gasteiger partial charge in [0.25, 0.3) is 5.91 Å². The molecule has 0 saturated heterocycles. The first kappa shape index (κ1) is 22.1. The van der Waals surface area contributed by atoms with Crippen LogP contribution in [0.5, 0.6) is 11.5 Å². The van der Waals surface area contributed by atoms with Crippen LogP contribution < -0.4 is 14.5 Å². The van der Waals surface area contributed by atoms with E-state index in [2.05, 4.69) is 5.10 Å². The maximum Gasteiger partial charge on any atom is 0.344 e. The van der Waals surface area contributed by atoms with Crippen molar-refractivity contribution in [1.82, 2.24) is 0 Å². The molecule has 0 atom stereocenters. The van der Waals surface area contributed by atoms with E-state index >= 15 is 0 Å². The third-order valence-electron chi connectivity index (χ3n) is 4.54. The molecule has 7 nitrogen and oxygen atoms in total. The molecule has 0 bridgehead atoms. The molecule has 2 aromatic rings. The van der Waals surface area contributed by atoms with Crippen molar-refractivity contribution in [1.29, 1.82) is 0 Å². The molecule has 2 aromatic carbocycles. The summed E-state index contributed by atoms with van der Waals surface area (Å²) in [4.78, 5) is 24.6. The molecule has 162 valence electrons. The number of ether oxygens (including phenoxy) is 3. The Morgan fingerprint density at radius 2 is 1.84 bits per heavy atom. The molecule has 1 heterocycles. The van der Waals surface area contributed by atoms with Crippen molar-refractivity contribution in [2.24, 2.45) is 5.10 Å². The minimum atomic E-state index is -0.448. The maximum absolute atomic E-state index is 13.0. The number of carbonyl (C=O) groups excluding carboxylic acids is 2. The van der Waals surface area contributed by atoms with Crippen molar-refractivity contribution >= 4 is 29.4 Å². The Bertz CT molecular complexity index is 1040. The van der Waals surface area contributed by atoms with E-state index in [1.165, 1.54) is 5.01 Å². The molecule has 1 aliphatic heterocycles.